The minimum absolute atomic E-state index is 0.100. The van der Waals surface area contributed by atoms with E-state index in [4.69, 9.17) is 0 Å². The van der Waals surface area contributed by atoms with Crippen molar-refractivity contribution in [2.24, 2.45) is 5.92 Å². The number of amides is 1. The number of carbonyl (C=O) groups is 1. The summed E-state index contributed by atoms with van der Waals surface area (Å²) in [4.78, 5) is 13.9. The molecule has 0 atom stereocenters. The van der Waals surface area contributed by atoms with Gasteiger partial charge in [0.1, 0.15) is 5.54 Å². The second-order valence-electron chi connectivity index (χ2n) is 5.46. The standard InChI is InChI=1S/C14H25N3O/c1-4-5-10-16-13(18)12-6-8-14(11-15,9-7-12)17(2)3/h12H,4-10H2,1-3H3,(H,16,18). The first-order valence-electron chi connectivity index (χ1n) is 6.92. The third-order valence-electron chi connectivity index (χ3n) is 4.08. The van der Waals surface area contributed by atoms with Gasteiger partial charge in [0.15, 0.2) is 0 Å². The summed E-state index contributed by atoms with van der Waals surface area (Å²) in [6.45, 7) is 2.90. The molecule has 1 saturated carbocycles. The average Bonchev–Trinajstić information content (AvgIpc) is 2.38. The topological polar surface area (TPSA) is 56.1 Å². The molecule has 1 N–H and O–H groups in total. The van der Waals surface area contributed by atoms with Crippen molar-refractivity contribution in [1.82, 2.24) is 10.2 Å². The molecule has 1 rings (SSSR count). The van der Waals surface area contributed by atoms with Crippen LogP contribution >= 0.6 is 0 Å². The highest BCUT2D eigenvalue weighted by Gasteiger charge is 2.39. The van der Waals surface area contributed by atoms with Crippen LogP contribution in [-0.2, 0) is 4.79 Å². The normalized spacial score (nSPS) is 27.8. The van der Waals surface area contributed by atoms with Gasteiger partial charge in [0, 0.05) is 12.5 Å². The van der Waals surface area contributed by atoms with Crippen LogP contribution in [0.4, 0.5) is 0 Å². The fourth-order valence-electron chi connectivity index (χ4n) is 2.55. The van der Waals surface area contributed by atoms with Crippen LogP contribution in [0.2, 0.25) is 0 Å². The van der Waals surface area contributed by atoms with Gasteiger partial charge in [-0.05, 0) is 46.2 Å². The number of nitrogens with zero attached hydrogens (tertiary/aromatic N) is 2. The molecule has 0 spiro atoms. The summed E-state index contributed by atoms with van der Waals surface area (Å²) in [5.74, 6) is 0.275. The molecule has 0 saturated heterocycles. The fourth-order valence-corrected chi connectivity index (χ4v) is 2.55. The Balaban J connectivity index is 2.44. The number of hydrogen-bond acceptors (Lipinski definition) is 3. The van der Waals surface area contributed by atoms with Crippen molar-refractivity contribution in [3.8, 4) is 6.07 Å². The summed E-state index contributed by atoms with van der Waals surface area (Å²) in [5, 5.41) is 12.3. The third-order valence-corrected chi connectivity index (χ3v) is 4.08. The summed E-state index contributed by atoms with van der Waals surface area (Å²) in [6, 6.07) is 2.42. The number of hydrogen-bond donors (Lipinski definition) is 1. The van der Waals surface area contributed by atoms with E-state index in [2.05, 4.69) is 18.3 Å². The second-order valence-corrected chi connectivity index (χ2v) is 5.46. The van der Waals surface area contributed by atoms with E-state index in [-0.39, 0.29) is 17.4 Å². The average molecular weight is 251 g/mol. The molecule has 4 heteroatoms. The van der Waals surface area contributed by atoms with Crippen LogP contribution in [0.1, 0.15) is 45.4 Å². The molecule has 1 aliphatic carbocycles. The summed E-state index contributed by atoms with van der Waals surface area (Å²) >= 11 is 0. The number of nitrogens with one attached hydrogen (secondary N) is 1. The van der Waals surface area contributed by atoms with Gasteiger partial charge >= 0.3 is 0 Å². The molecule has 0 aromatic rings. The van der Waals surface area contributed by atoms with Crippen molar-refractivity contribution in [3.63, 3.8) is 0 Å². The quantitative estimate of drug-likeness (QED) is 0.759. The Hall–Kier alpha value is -1.08. The monoisotopic (exact) mass is 251 g/mol. The largest absolute Gasteiger partial charge is 0.356 e. The molecule has 0 aromatic carbocycles. The summed E-state index contributed by atoms with van der Waals surface area (Å²) < 4.78 is 0. The molecule has 1 aliphatic rings. The summed E-state index contributed by atoms with van der Waals surface area (Å²) in [5.41, 5.74) is -0.361. The first-order valence-corrected chi connectivity index (χ1v) is 6.92. The molecular weight excluding hydrogens is 226 g/mol. The van der Waals surface area contributed by atoms with Gasteiger partial charge in [-0.15, -0.1) is 0 Å². The van der Waals surface area contributed by atoms with Crippen molar-refractivity contribution in [3.05, 3.63) is 0 Å². The van der Waals surface area contributed by atoms with Crippen LogP contribution in [0.25, 0.3) is 0 Å². The lowest BCUT2D eigenvalue weighted by Crippen LogP contribution is -2.47. The molecule has 1 amide bonds. The first kappa shape index (κ1) is 15.0. The van der Waals surface area contributed by atoms with Crippen LogP contribution in [-0.4, -0.2) is 37.0 Å². The SMILES string of the molecule is CCCCNC(=O)C1CCC(C#N)(N(C)C)CC1. The van der Waals surface area contributed by atoms with Crippen LogP contribution in [0.3, 0.4) is 0 Å². The van der Waals surface area contributed by atoms with E-state index in [0.717, 1.165) is 45.1 Å². The Morgan fingerprint density at radius 1 is 1.44 bits per heavy atom. The third kappa shape index (κ3) is 3.46. The number of carbonyl (C=O) groups excluding carboxylic acids is 1. The maximum atomic E-state index is 11.9. The first-order chi connectivity index (χ1) is 8.55. The van der Waals surface area contributed by atoms with E-state index in [1.807, 2.05) is 19.0 Å². The minimum Gasteiger partial charge on any atom is -0.356 e. The molecule has 0 bridgehead atoms. The lowest BCUT2D eigenvalue weighted by atomic mass is 9.76. The molecule has 0 aliphatic heterocycles. The van der Waals surface area contributed by atoms with Crippen LogP contribution in [0, 0.1) is 17.2 Å². The van der Waals surface area contributed by atoms with Crippen molar-refractivity contribution in [2.75, 3.05) is 20.6 Å². The fraction of sp³-hybridized carbons (Fsp3) is 0.857. The van der Waals surface area contributed by atoms with Gasteiger partial charge in [-0.2, -0.15) is 5.26 Å². The van der Waals surface area contributed by atoms with Crippen molar-refractivity contribution < 1.29 is 4.79 Å². The maximum absolute atomic E-state index is 11.9. The molecular formula is C14H25N3O. The lowest BCUT2D eigenvalue weighted by Gasteiger charge is -2.39. The van der Waals surface area contributed by atoms with Crippen molar-refractivity contribution in [2.45, 2.75) is 51.0 Å². The highest BCUT2D eigenvalue weighted by molar-refractivity contribution is 5.78. The van der Waals surface area contributed by atoms with Gasteiger partial charge in [-0.25, -0.2) is 0 Å². The van der Waals surface area contributed by atoms with Crippen molar-refractivity contribution in [1.29, 1.82) is 5.26 Å². The van der Waals surface area contributed by atoms with E-state index >= 15 is 0 Å². The highest BCUT2D eigenvalue weighted by Crippen LogP contribution is 2.34. The summed E-state index contributed by atoms with van der Waals surface area (Å²) in [7, 11) is 3.90. The predicted molar refractivity (Wildman–Crippen MR) is 71.9 cm³/mol. The van der Waals surface area contributed by atoms with Crippen LogP contribution < -0.4 is 5.32 Å². The van der Waals surface area contributed by atoms with E-state index in [1.54, 1.807) is 0 Å². The molecule has 0 unspecified atom stereocenters. The molecule has 18 heavy (non-hydrogen) atoms. The molecule has 0 heterocycles. The van der Waals surface area contributed by atoms with Gasteiger partial charge in [0.25, 0.3) is 0 Å². The van der Waals surface area contributed by atoms with Gasteiger partial charge in [-0.1, -0.05) is 13.3 Å². The predicted octanol–water partition coefficient (Wildman–Crippen LogP) is 1.92. The highest BCUT2D eigenvalue weighted by atomic mass is 16.1. The zero-order chi connectivity index (χ0) is 13.6. The molecule has 1 fully saturated rings. The molecule has 4 nitrogen and oxygen atoms in total. The van der Waals surface area contributed by atoms with Crippen molar-refractivity contribution >= 4 is 5.91 Å². The Kier molecular flexibility index (Phi) is 5.61. The van der Waals surface area contributed by atoms with Crippen LogP contribution in [0.5, 0.6) is 0 Å². The van der Waals surface area contributed by atoms with E-state index in [0.29, 0.717) is 0 Å². The Labute approximate surface area is 110 Å². The lowest BCUT2D eigenvalue weighted by molar-refractivity contribution is -0.126. The number of rotatable bonds is 5. The Morgan fingerprint density at radius 2 is 2.06 bits per heavy atom. The maximum Gasteiger partial charge on any atom is 0.223 e. The van der Waals surface area contributed by atoms with Gasteiger partial charge in [-0.3, -0.25) is 9.69 Å². The molecule has 102 valence electrons. The van der Waals surface area contributed by atoms with E-state index in [9.17, 15) is 10.1 Å². The summed E-state index contributed by atoms with van der Waals surface area (Å²) in [6.07, 6.45) is 5.37. The molecule has 0 radical (unpaired) electrons. The van der Waals surface area contributed by atoms with E-state index in [1.165, 1.54) is 0 Å². The zero-order valence-electron chi connectivity index (χ0n) is 11.8. The van der Waals surface area contributed by atoms with E-state index < -0.39 is 0 Å². The number of unbranched alkanes of at least 4 members (excludes halogenated alkanes) is 1. The zero-order valence-corrected chi connectivity index (χ0v) is 11.8. The van der Waals surface area contributed by atoms with Gasteiger partial charge < -0.3 is 5.32 Å². The second kappa shape index (κ2) is 6.75. The number of nitriles is 1. The Morgan fingerprint density at radius 3 is 2.50 bits per heavy atom. The van der Waals surface area contributed by atoms with Gasteiger partial charge in [0.2, 0.25) is 5.91 Å². The smallest absolute Gasteiger partial charge is 0.223 e. The van der Waals surface area contributed by atoms with Crippen LogP contribution in [0.15, 0.2) is 0 Å². The van der Waals surface area contributed by atoms with Gasteiger partial charge in [0.05, 0.1) is 6.07 Å². The minimum atomic E-state index is -0.361. The Bertz CT molecular complexity index is 311. The molecule has 0 aromatic heterocycles.